The van der Waals surface area contributed by atoms with Crippen LogP contribution >= 0.6 is 11.3 Å². The number of thiophene rings is 1. The lowest BCUT2D eigenvalue weighted by Gasteiger charge is -2.17. The first kappa shape index (κ1) is 15.0. The number of hydrogen-bond donors (Lipinski definition) is 0. The molecule has 0 spiro atoms. The molecule has 1 amide bonds. The summed E-state index contributed by atoms with van der Waals surface area (Å²) in [6.07, 6.45) is 4.50. The van der Waals surface area contributed by atoms with E-state index < -0.39 is 0 Å². The average Bonchev–Trinajstić information content (AvgIpc) is 2.90. The van der Waals surface area contributed by atoms with Gasteiger partial charge >= 0.3 is 5.97 Å². The molecule has 1 aliphatic carbocycles. The minimum atomic E-state index is -0.370. The zero-order chi connectivity index (χ0) is 14.5. The zero-order valence-corrected chi connectivity index (χ0v) is 12.9. The van der Waals surface area contributed by atoms with E-state index in [1.54, 1.807) is 4.90 Å². The second kappa shape index (κ2) is 6.88. The fourth-order valence-corrected chi connectivity index (χ4v) is 3.60. The quantitative estimate of drug-likeness (QED) is 0.785. The first-order chi connectivity index (χ1) is 9.65. The van der Waals surface area contributed by atoms with Gasteiger partial charge in [0.1, 0.15) is 4.88 Å². The fraction of sp³-hybridized carbons (Fsp3) is 0.600. The molecular formula is C15H21NO3S. The predicted molar refractivity (Wildman–Crippen MR) is 79.2 cm³/mol. The summed E-state index contributed by atoms with van der Waals surface area (Å²) < 4.78 is 5.13. The lowest BCUT2D eigenvalue weighted by atomic mass is 9.99. The molecule has 2 rings (SSSR count). The molecule has 1 aliphatic rings. The number of nitrogens with zero attached hydrogens (tertiary/aromatic N) is 1. The molecule has 1 aromatic rings. The van der Waals surface area contributed by atoms with Gasteiger partial charge in [-0.25, -0.2) is 4.79 Å². The first-order valence-corrected chi connectivity index (χ1v) is 8.03. The zero-order valence-electron chi connectivity index (χ0n) is 12.1. The molecule has 5 heteroatoms. The molecule has 0 aromatic carbocycles. The molecule has 0 atom stereocenters. The van der Waals surface area contributed by atoms with Crippen molar-refractivity contribution in [1.29, 1.82) is 0 Å². The van der Waals surface area contributed by atoms with E-state index in [0.717, 1.165) is 12.8 Å². The van der Waals surface area contributed by atoms with Crippen LogP contribution in [-0.4, -0.2) is 36.5 Å². The van der Waals surface area contributed by atoms with Crippen LogP contribution in [-0.2, 0) is 22.4 Å². The van der Waals surface area contributed by atoms with Crippen molar-refractivity contribution in [3.05, 3.63) is 21.4 Å². The Labute approximate surface area is 123 Å². The Balaban J connectivity index is 1.92. The largest absolute Gasteiger partial charge is 0.451 e. The summed E-state index contributed by atoms with van der Waals surface area (Å²) in [5.74, 6) is -0.505. The lowest BCUT2D eigenvalue weighted by molar-refractivity contribution is -0.134. The van der Waals surface area contributed by atoms with E-state index in [0.29, 0.717) is 18.0 Å². The van der Waals surface area contributed by atoms with Gasteiger partial charge in [0.2, 0.25) is 0 Å². The molecule has 0 saturated carbocycles. The molecule has 1 aromatic heterocycles. The van der Waals surface area contributed by atoms with Gasteiger partial charge in [0.25, 0.3) is 5.91 Å². The van der Waals surface area contributed by atoms with Crippen molar-refractivity contribution in [2.45, 2.75) is 39.5 Å². The molecular weight excluding hydrogens is 274 g/mol. The van der Waals surface area contributed by atoms with Gasteiger partial charge in [-0.05, 0) is 51.2 Å². The normalized spacial score (nSPS) is 13.7. The van der Waals surface area contributed by atoms with Gasteiger partial charge in [-0.1, -0.05) is 0 Å². The van der Waals surface area contributed by atoms with Crippen molar-refractivity contribution in [1.82, 2.24) is 4.90 Å². The third-order valence-electron chi connectivity index (χ3n) is 3.64. The Morgan fingerprint density at radius 3 is 2.60 bits per heavy atom. The van der Waals surface area contributed by atoms with E-state index >= 15 is 0 Å². The van der Waals surface area contributed by atoms with E-state index in [1.165, 1.54) is 34.6 Å². The van der Waals surface area contributed by atoms with Crippen LogP contribution in [0.15, 0.2) is 6.07 Å². The van der Waals surface area contributed by atoms with Crippen LogP contribution in [0, 0.1) is 0 Å². The van der Waals surface area contributed by atoms with Gasteiger partial charge in [-0.15, -0.1) is 11.3 Å². The Morgan fingerprint density at radius 1 is 1.25 bits per heavy atom. The molecule has 0 unspecified atom stereocenters. The van der Waals surface area contributed by atoms with E-state index in [-0.39, 0.29) is 18.5 Å². The minimum Gasteiger partial charge on any atom is -0.451 e. The molecule has 0 bridgehead atoms. The van der Waals surface area contributed by atoms with E-state index in [4.69, 9.17) is 4.74 Å². The van der Waals surface area contributed by atoms with Gasteiger partial charge in [-0.3, -0.25) is 4.79 Å². The van der Waals surface area contributed by atoms with Crippen molar-refractivity contribution >= 4 is 23.2 Å². The van der Waals surface area contributed by atoms with Crippen LogP contribution in [0.25, 0.3) is 0 Å². The summed E-state index contributed by atoms with van der Waals surface area (Å²) in [5.41, 5.74) is 1.28. The third-order valence-corrected chi connectivity index (χ3v) is 4.86. The van der Waals surface area contributed by atoms with Crippen LogP contribution in [0.3, 0.4) is 0 Å². The number of ether oxygens (including phenoxy) is 1. The van der Waals surface area contributed by atoms with Gasteiger partial charge in [0, 0.05) is 18.0 Å². The number of amides is 1. The molecule has 0 N–H and O–H groups in total. The second-order valence-electron chi connectivity index (χ2n) is 4.91. The summed E-state index contributed by atoms with van der Waals surface area (Å²) in [6.45, 7) is 4.94. The first-order valence-electron chi connectivity index (χ1n) is 7.22. The van der Waals surface area contributed by atoms with Crippen molar-refractivity contribution in [2.24, 2.45) is 0 Å². The molecule has 0 fully saturated rings. The Kier molecular flexibility index (Phi) is 5.17. The number of rotatable bonds is 5. The monoisotopic (exact) mass is 295 g/mol. The Bertz CT molecular complexity index is 468. The van der Waals surface area contributed by atoms with Crippen LogP contribution in [0.1, 0.15) is 46.8 Å². The average molecular weight is 295 g/mol. The summed E-state index contributed by atoms with van der Waals surface area (Å²) in [7, 11) is 0. The summed E-state index contributed by atoms with van der Waals surface area (Å²) >= 11 is 1.52. The second-order valence-corrected chi connectivity index (χ2v) is 6.05. The topological polar surface area (TPSA) is 46.6 Å². The van der Waals surface area contributed by atoms with Crippen molar-refractivity contribution in [3.8, 4) is 0 Å². The van der Waals surface area contributed by atoms with Crippen molar-refractivity contribution < 1.29 is 14.3 Å². The number of hydrogen-bond acceptors (Lipinski definition) is 4. The molecule has 110 valence electrons. The number of aryl methyl sites for hydroxylation is 2. The lowest BCUT2D eigenvalue weighted by Crippen LogP contribution is -2.34. The molecule has 4 nitrogen and oxygen atoms in total. The number of fused-ring (bicyclic) bond motifs is 1. The van der Waals surface area contributed by atoms with Crippen molar-refractivity contribution in [2.75, 3.05) is 19.7 Å². The highest BCUT2D eigenvalue weighted by atomic mass is 32.1. The maximum Gasteiger partial charge on any atom is 0.348 e. The van der Waals surface area contributed by atoms with Crippen molar-refractivity contribution in [3.63, 3.8) is 0 Å². The molecule has 0 radical (unpaired) electrons. The summed E-state index contributed by atoms with van der Waals surface area (Å²) in [6, 6.07) is 1.93. The molecule has 0 saturated heterocycles. The number of carbonyl (C=O) groups excluding carboxylic acids is 2. The van der Waals surface area contributed by atoms with Gasteiger partial charge in [0.15, 0.2) is 6.61 Å². The number of likely N-dealkylation sites (N-methyl/N-ethyl adjacent to an activating group) is 1. The Hall–Kier alpha value is -1.36. The van der Waals surface area contributed by atoms with Gasteiger partial charge in [-0.2, -0.15) is 0 Å². The third kappa shape index (κ3) is 3.39. The SMILES string of the molecule is CCN(CC)C(=O)COC(=O)c1cc2c(s1)CCCC2. The number of carbonyl (C=O) groups is 2. The molecule has 0 aliphatic heterocycles. The highest BCUT2D eigenvalue weighted by Gasteiger charge is 2.19. The molecule has 1 heterocycles. The fourth-order valence-electron chi connectivity index (χ4n) is 2.46. The number of esters is 1. The smallest absolute Gasteiger partial charge is 0.348 e. The maximum atomic E-state index is 12.0. The highest BCUT2D eigenvalue weighted by molar-refractivity contribution is 7.14. The van der Waals surface area contributed by atoms with Gasteiger partial charge < -0.3 is 9.64 Å². The van der Waals surface area contributed by atoms with E-state index in [2.05, 4.69) is 0 Å². The van der Waals surface area contributed by atoms with E-state index in [9.17, 15) is 9.59 Å². The van der Waals surface area contributed by atoms with Crippen LogP contribution in [0.5, 0.6) is 0 Å². The minimum absolute atomic E-state index is 0.135. The summed E-state index contributed by atoms with van der Waals surface area (Å²) in [5, 5.41) is 0. The summed E-state index contributed by atoms with van der Waals surface area (Å²) in [4.78, 5) is 27.4. The van der Waals surface area contributed by atoms with E-state index in [1.807, 2.05) is 19.9 Å². The maximum absolute atomic E-state index is 12.0. The molecule has 20 heavy (non-hydrogen) atoms. The standard InChI is InChI=1S/C15H21NO3S/c1-3-16(4-2)14(17)10-19-15(18)13-9-11-7-5-6-8-12(11)20-13/h9H,3-8,10H2,1-2H3. The Morgan fingerprint density at radius 2 is 1.95 bits per heavy atom. The highest BCUT2D eigenvalue weighted by Crippen LogP contribution is 2.29. The van der Waals surface area contributed by atoms with Crippen LogP contribution in [0.2, 0.25) is 0 Å². The predicted octanol–water partition coefficient (Wildman–Crippen LogP) is 2.65. The van der Waals surface area contributed by atoms with Gasteiger partial charge in [0.05, 0.1) is 0 Å². The van der Waals surface area contributed by atoms with Crippen LogP contribution < -0.4 is 0 Å². The van der Waals surface area contributed by atoms with Crippen LogP contribution in [0.4, 0.5) is 0 Å².